The second-order valence-corrected chi connectivity index (χ2v) is 4.80. The molecule has 2 aromatic rings. The van der Waals surface area contributed by atoms with Crippen molar-refractivity contribution in [2.24, 2.45) is 0 Å². The molecule has 0 fully saturated rings. The Bertz CT molecular complexity index is 718. The third-order valence-corrected chi connectivity index (χ3v) is 3.40. The Morgan fingerprint density at radius 2 is 2.10 bits per heavy atom. The van der Waals surface area contributed by atoms with Crippen molar-refractivity contribution in [2.45, 2.75) is 20.8 Å². The molecule has 1 heterocycles. The van der Waals surface area contributed by atoms with E-state index in [0.717, 1.165) is 11.1 Å². The number of nitrogens with two attached hydrogens (primary N) is 1. The lowest BCUT2D eigenvalue weighted by Gasteiger charge is -2.09. The number of ether oxygens (including phenoxy) is 1. The lowest BCUT2D eigenvalue weighted by molar-refractivity contribution is 0.0518. The van der Waals surface area contributed by atoms with E-state index in [1.807, 2.05) is 26.0 Å². The van der Waals surface area contributed by atoms with E-state index in [-0.39, 0.29) is 16.9 Å². The monoisotopic (exact) mass is 292 g/mol. The zero-order valence-electron chi connectivity index (χ0n) is 11.6. The summed E-state index contributed by atoms with van der Waals surface area (Å²) in [4.78, 5) is 11.7. The van der Waals surface area contributed by atoms with Gasteiger partial charge in [-0.2, -0.15) is 0 Å². The molecular weight excluding hydrogens is 276 g/mol. The highest BCUT2D eigenvalue weighted by Crippen LogP contribution is 2.22. The number of nitrogen functional groups attached to an aromatic ring is 1. The van der Waals surface area contributed by atoms with Crippen LogP contribution in [0.3, 0.4) is 0 Å². The van der Waals surface area contributed by atoms with Crippen LogP contribution in [0.25, 0.3) is 5.69 Å². The Morgan fingerprint density at radius 1 is 1.45 bits per heavy atom. The standard InChI is InChI=1S/C13H16N4O2S/c1-4-19-13(18)11-12(20)17(16-15-11)10-6-8(3)7(2)5-9(10)14/h5-6,16H,4,14H2,1-3H3. The van der Waals surface area contributed by atoms with E-state index in [2.05, 4.69) is 10.3 Å². The topological polar surface area (TPSA) is 85.9 Å². The molecule has 0 spiro atoms. The number of hydrogen-bond acceptors (Lipinski definition) is 5. The Balaban J connectivity index is 2.53. The van der Waals surface area contributed by atoms with Gasteiger partial charge in [-0.05, 0) is 44.0 Å². The van der Waals surface area contributed by atoms with Crippen LogP contribution in [0.2, 0.25) is 0 Å². The second kappa shape index (κ2) is 5.46. The molecule has 0 radical (unpaired) electrons. The molecule has 0 unspecified atom stereocenters. The molecule has 0 aliphatic heterocycles. The number of aryl methyl sites for hydroxylation is 2. The highest BCUT2D eigenvalue weighted by molar-refractivity contribution is 7.71. The zero-order chi connectivity index (χ0) is 14.9. The first-order valence-electron chi connectivity index (χ1n) is 6.17. The molecule has 7 heteroatoms. The summed E-state index contributed by atoms with van der Waals surface area (Å²) in [5.41, 5.74) is 9.47. The molecule has 106 valence electrons. The van der Waals surface area contributed by atoms with E-state index in [4.69, 9.17) is 22.7 Å². The molecule has 2 rings (SSSR count). The summed E-state index contributed by atoms with van der Waals surface area (Å²) >= 11 is 5.25. The lowest BCUT2D eigenvalue weighted by atomic mass is 10.1. The van der Waals surface area contributed by atoms with Crippen LogP contribution in [0, 0.1) is 18.5 Å². The number of rotatable bonds is 3. The third kappa shape index (κ3) is 2.44. The van der Waals surface area contributed by atoms with Gasteiger partial charge in [-0.25, -0.2) is 14.7 Å². The van der Waals surface area contributed by atoms with Gasteiger partial charge < -0.3 is 10.5 Å². The number of esters is 1. The predicted molar refractivity (Wildman–Crippen MR) is 78.6 cm³/mol. The first-order valence-corrected chi connectivity index (χ1v) is 6.58. The minimum absolute atomic E-state index is 0.0829. The average molecular weight is 292 g/mol. The van der Waals surface area contributed by atoms with Crippen molar-refractivity contribution >= 4 is 23.9 Å². The number of H-pyrrole nitrogens is 1. The number of aromatic amines is 1. The van der Waals surface area contributed by atoms with Crippen LogP contribution in [0.15, 0.2) is 12.1 Å². The number of anilines is 1. The largest absolute Gasteiger partial charge is 0.461 e. The molecule has 0 aliphatic rings. The van der Waals surface area contributed by atoms with Gasteiger partial charge in [-0.15, -0.1) is 5.10 Å². The van der Waals surface area contributed by atoms with Gasteiger partial charge in [0.05, 0.1) is 18.0 Å². The fourth-order valence-corrected chi connectivity index (χ4v) is 2.08. The maximum atomic E-state index is 11.7. The maximum absolute atomic E-state index is 11.7. The van der Waals surface area contributed by atoms with Gasteiger partial charge in [-0.1, -0.05) is 12.2 Å². The number of nitrogens with one attached hydrogen (secondary N) is 1. The average Bonchev–Trinajstić information content (AvgIpc) is 2.76. The molecule has 0 bridgehead atoms. The first kappa shape index (κ1) is 14.3. The van der Waals surface area contributed by atoms with Crippen molar-refractivity contribution in [2.75, 3.05) is 12.3 Å². The van der Waals surface area contributed by atoms with Crippen LogP contribution in [0.1, 0.15) is 28.5 Å². The van der Waals surface area contributed by atoms with Crippen LogP contribution >= 0.6 is 12.2 Å². The maximum Gasteiger partial charge on any atom is 0.362 e. The fourth-order valence-electron chi connectivity index (χ4n) is 1.81. The number of carbonyl (C=O) groups excluding carboxylic acids is 1. The smallest absolute Gasteiger partial charge is 0.362 e. The summed E-state index contributed by atoms with van der Waals surface area (Å²) in [6.07, 6.45) is 0. The van der Waals surface area contributed by atoms with Crippen molar-refractivity contribution in [3.8, 4) is 5.69 Å². The zero-order valence-corrected chi connectivity index (χ0v) is 12.4. The highest BCUT2D eigenvalue weighted by atomic mass is 32.1. The predicted octanol–water partition coefficient (Wildman–Crippen LogP) is 2.31. The molecule has 3 N–H and O–H groups in total. The van der Waals surface area contributed by atoms with Crippen molar-refractivity contribution in [1.82, 2.24) is 15.0 Å². The van der Waals surface area contributed by atoms with Gasteiger partial charge in [0.15, 0.2) is 4.64 Å². The highest BCUT2D eigenvalue weighted by Gasteiger charge is 2.17. The summed E-state index contributed by atoms with van der Waals surface area (Å²) in [6, 6.07) is 3.75. The summed E-state index contributed by atoms with van der Waals surface area (Å²) < 4.78 is 6.65. The van der Waals surface area contributed by atoms with E-state index in [0.29, 0.717) is 11.4 Å². The van der Waals surface area contributed by atoms with Crippen molar-refractivity contribution < 1.29 is 9.53 Å². The minimum Gasteiger partial charge on any atom is -0.461 e. The van der Waals surface area contributed by atoms with Crippen LogP contribution in [0.5, 0.6) is 0 Å². The van der Waals surface area contributed by atoms with Gasteiger partial charge in [0.25, 0.3) is 0 Å². The number of nitrogens with zero attached hydrogens (tertiary/aromatic N) is 2. The molecule has 20 heavy (non-hydrogen) atoms. The van der Waals surface area contributed by atoms with E-state index >= 15 is 0 Å². The number of hydrogen-bond donors (Lipinski definition) is 2. The Hall–Kier alpha value is -2.15. The lowest BCUT2D eigenvalue weighted by Crippen LogP contribution is -2.06. The van der Waals surface area contributed by atoms with E-state index in [9.17, 15) is 4.79 Å². The molecule has 0 amide bonds. The quantitative estimate of drug-likeness (QED) is 0.515. The molecule has 0 atom stereocenters. The number of carbonyl (C=O) groups is 1. The minimum atomic E-state index is -0.546. The summed E-state index contributed by atoms with van der Waals surface area (Å²) in [5.74, 6) is -0.546. The van der Waals surface area contributed by atoms with Gasteiger partial charge in [0.2, 0.25) is 5.69 Å². The second-order valence-electron chi connectivity index (χ2n) is 4.42. The van der Waals surface area contributed by atoms with E-state index < -0.39 is 5.97 Å². The van der Waals surface area contributed by atoms with Gasteiger partial charge in [0.1, 0.15) is 0 Å². The Morgan fingerprint density at radius 3 is 2.75 bits per heavy atom. The third-order valence-electron chi connectivity index (χ3n) is 3.02. The van der Waals surface area contributed by atoms with Gasteiger partial charge in [-0.3, -0.25) is 0 Å². The molecule has 6 nitrogen and oxygen atoms in total. The molecule has 0 aliphatic carbocycles. The molecule has 1 aromatic carbocycles. The van der Waals surface area contributed by atoms with Crippen LogP contribution in [-0.4, -0.2) is 27.6 Å². The first-order chi connectivity index (χ1) is 9.45. The van der Waals surface area contributed by atoms with Gasteiger partial charge >= 0.3 is 5.97 Å². The van der Waals surface area contributed by atoms with Gasteiger partial charge in [0, 0.05) is 0 Å². The number of benzene rings is 1. The summed E-state index contributed by atoms with van der Waals surface area (Å²) in [5, 5.41) is 6.61. The molecular formula is C13H16N4O2S. The van der Waals surface area contributed by atoms with Crippen molar-refractivity contribution in [3.05, 3.63) is 33.6 Å². The number of aromatic nitrogens is 3. The molecule has 0 saturated heterocycles. The van der Waals surface area contributed by atoms with Crippen LogP contribution in [-0.2, 0) is 4.74 Å². The molecule has 0 saturated carbocycles. The Kier molecular flexibility index (Phi) is 3.89. The molecule has 1 aromatic heterocycles. The normalized spacial score (nSPS) is 10.6. The van der Waals surface area contributed by atoms with E-state index in [1.54, 1.807) is 6.92 Å². The SMILES string of the molecule is CCOC(=O)c1n[nH]n(-c2cc(C)c(C)cc2N)c1=S. The fraction of sp³-hybridized carbons (Fsp3) is 0.308. The van der Waals surface area contributed by atoms with Crippen molar-refractivity contribution in [1.29, 1.82) is 0 Å². The van der Waals surface area contributed by atoms with Crippen LogP contribution < -0.4 is 5.73 Å². The summed E-state index contributed by atoms with van der Waals surface area (Å²) in [6.45, 7) is 5.95. The van der Waals surface area contributed by atoms with E-state index in [1.165, 1.54) is 4.68 Å². The van der Waals surface area contributed by atoms with Crippen molar-refractivity contribution in [3.63, 3.8) is 0 Å². The summed E-state index contributed by atoms with van der Waals surface area (Å²) in [7, 11) is 0. The van der Waals surface area contributed by atoms with Crippen LogP contribution in [0.4, 0.5) is 5.69 Å². The Labute approximate surface area is 121 Å².